The maximum Gasteiger partial charge on any atom is 0.247 e. The maximum atomic E-state index is 13.7. The summed E-state index contributed by atoms with van der Waals surface area (Å²) in [6.07, 6.45) is 8.76. The molecule has 1 aromatic carbocycles. The van der Waals surface area contributed by atoms with Gasteiger partial charge in [0.15, 0.2) is 0 Å². The zero-order chi connectivity index (χ0) is 24.1. The first kappa shape index (κ1) is 24.9. The van der Waals surface area contributed by atoms with E-state index in [2.05, 4.69) is 28.1 Å². The SMILES string of the molecule is CC(C)OCCCNC(=O)[C@H]1c2c(n(C)c3ccccc23)SCC(=O)N1CCC1=CCCCC1. The van der Waals surface area contributed by atoms with Crippen molar-refractivity contribution in [2.45, 2.75) is 69.5 Å². The van der Waals surface area contributed by atoms with E-state index in [4.69, 9.17) is 4.74 Å². The monoisotopic (exact) mass is 483 g/mol. The third-order valence-corrected chi connectivity index (χ3v) is 7.87. The lowest BCUT2D eigenvalue weighted by molar-refractivity contribution is -0.138. The van der Waals surface area contributed by atoms with Gasteiger partial charge in [-0.15, -0.1) is 0 Å². The van der Waals surface area contributed by atoms with Crippen LogP contribution in [-0.4, -0.2) is 52.8 Å². The molecule has 34 heavy (non-hydrogen) atoms. The molecule has 2 aromatic rings. The number of aryl methyl sites for hydroxylation is 1. The van der Waals surface area contributed by atoms with Crippen molar-refractivity contribution in [2.75, 3.05) is 25.4 Å². The normalized spacial score (nSPS) is 18.7. The third kappa shape index (κ3) is 5.52. The number of amides is 2. The van der Waals surface area contributed by atoms with Crippen LogP contribution in [0.25, 0.3) is 10.9 Å². The van der Waals surface area contributed by atoms with Crippen molar-refractivity contribution < 1.29 is 14.3 Å². The predicted octanol–water partition coefficient (Wildman–Crippen LogP) is 4.98. The number of rotatable bonds is 9. The Labute approximate surface area is 207 Å². The first-order valence-corrected chi connectivity index (χ1v) is 13.5. The number of hydrogen-bond donors (Lipinski definition) is 1. The topological polar surface area (TPSA) is 63.6 Å². The number of carbonyl (C=O) groups excluding carboxylic acids is 2. The molecule has 1 aromatic heterocycles. The Morgan fingerprint density at radius 3 is 2.85 bits per heavy atom. The highest BCUT2D eigenvalue weighted by molar-refractivity contribution is 8.00. The molecule has 1 atom stereocenters. The van der Waals surface area contributed by atoms with E-state index in [1.54, 1.807) is 11.8 Å². The van der Waals surface area contributed by atoms with Gasteiger partial charge >= 0.3 is 0 Å². The Morgan fingerprint density at radius 2 is 2.09 bits per heavy atom. The average molecular weight is 484 g/mol. The molecule has 0 spiro atoms. The van der Waals surface area contributed by atoms with E-state index in [9.17, 15) is 9.59 Å². The van der Waals surface area contributed by atoms with E-state index in [0.717, 1.165) is 47.2 Å². The summed E-state index contributed by atoms with van der Waals surface area (Å²) in [4.78, 5) is 28.9. The maximum absolute atomic E-state index is 13.7. The molecule has 1 aliphatic heterocycles. The summed E-state index contributed by atoms with van der Waals surface area (Å²) >= 11 is 1.55. The number of carbonyl (C=O) groups is 2. The number of benzene rings is 1. The lowest BCUT2D eigenvalue weighted by Crippen LogP contribution is -2.44. The van der Waals surface area contributed by atoms with Gasteiger partial charge in [-0.25, -0.2) is 0 Å². The number of hydrogen-bond acceptors (Lipinski definition) is 4. The fraction of sp³-hybridized carbons (Fsp3) is 0.556. The molecule has 2 amide bonds. The Bertz CT molecular complexity index is 1060. The molecule has 0 saturated heterocycles. The first-order valence-electron chi connectivity index (χ1n) is 12.5. The summed E-state index contributed by atoms with van der Waals surface area (Å²) in [5.41, 5.74) is 3.47. The Hall–Kier alpha value is -2.25. The highest BCUT2D eigenvalue weighted by Gasteiger charge is 2.38. The van der Waals surface area contributed by atoms with Gasteiger partial charge in [0.25, 0.3) is 0 Å². The lowest BCUT2D eigenvalue weighted by atomic mass is 9.96. The smallest absolute Gasteiger partial charge is 0.247 e. The molecule has 0 fully saturated rings. The van der Waals surface area contributed by atoms with Crippen LogP contribution in [0.3, 0.4) is 0 Å². The van der Waals surface area contributed by atoms with Crippen molar-refractivity contribution in [3.63, 3.8) is 0 Å². The van der Waals surface area contributed by atoms with Gasteiger partial charge in [-0.2, -0.15) is 0 Å². The van der Waals surface area contributed by atoms with Crippen LogP contribution in [0.4, 0.5) is 0 Å². The van der Waals surface area contributed by atoms with Crippen LogP contribution in [0.2, 0.25) is 0 Å². The van der Waals surface area contributed by atoms with Crippen LogP contribution < -0.4 is 5.32 Å². The molecule has 0 bridgehead atoms. The lowest BCUT2D eigenvalue weighted by Gasteiger charge is -2.30. The highest BCUT2D eigenvalue weighted by Crippen LogP contribution is 2.42. The molecule has 2 aliphatic rings. The average Bonchev–Trinajstić information content (AvgIpc) is 3.01. The molecule has 0 radical (unpaired) electrons. The number of ether oxygens (including phenoxy) is 1. The highest BCUT2D eigenvalue weighted by atomic mass is 32.2. The fourth-order valence-electron chi connectivity index (χ4n) is 4.97. The minimum absolute atomic E-state index is 0.0324. The van der Waals surface area contributed by atoms with E-state index < -0.39 is 6.04 Å². The molecular formula is C27H37N3O3S. The second-order valence-corrected chi connectivity index (χ2v) is 10.5. The van der Waals surface area contributed by atoms with Gasteiger partial charge in [-0.1, -0.05) is 41.6 Å². The molecule has 6 nitrogen and oxygen atoms in total. The largest absolute Gasteiger partial charge is 0.379 e. The number of thioether (sulfide) groups is 1. The summed E-state index contributed by atoms with van der Waals surface area (Å²) in [6, 6.07) is 7.56. The Kier molecular flexibility index (Phi) is 8.37. The van der Waals surface area contributed by atoms with Crippen molar-refractivity contribution >= 4 is 34.5 Å². The quantitative estimate of drug-likeness (QED) is 0.404. The van der Waals surface area contributed by atoms with Crippen molar-refractivity contribution in [1.29, 1.82) is 0 Å². The first-order chi connectivity index (χ1) is 16.5. The van der Waals surface area contributed by atoms with Gasteiger partial charge in [0.1, 0.15) is 6.04 Å². The third-order valence-electron chi connectivity index (χ3n) is 6.71. The molecule has 0 unspecified atom stereocenters. The van der Waals surface area contributed by atoms with E-state index in [-0.39, 0.29) is 17.9 Å². The van der Waals surface area contributed by atoms with Gasteiger partial charge in [0, 0.05) is 43.2 Å². The second-order valence-electron chi connectivity index (χ2n) is 9.50. The Balaban J connectivity index is 1.63. The Morgan fingerprint density at radius 1 is 1.26 bits per heavy atom. The standard InChI is InChI=1S/C27H37N3O3S/c1-19(2)33-17-9-15-28-26(32)25-24-21-12-7-8-13-22(21)29(3)27(24)34-18-23(31)30(25)16-14-20-10-5-4-6-11-20/h7-8,10,12-13,19,25H,4-6,9,11,14-18H2,1-3H3,(H,28,32)/t25-/m1/s1. The van der Waals surface area contributed by atoms with E-state index in [1.807, 2.05) is 37.9 Å². The van der Waals surface area contributed by atoms with Crippen LogP contribution in [-0.2, 0) is 21.4 Å². The number of allylic oxidation sites excluding steroid dienone is 1. The molecular weight excluding hydrogens is 446 g/mol. The number of nitrogens with one attached hydrogen (secondary N) is 1. The van der Waals surface area contributed by atoms with E-state index in [1.165, 1.54) is 18.4 Å². The molecule has 1 N–H and O–H groups in total. The van der Waals surface area contributed by atoms with Crippen LogP contribution >= 0.6 is 11.8 Å². The van der Waals surface area contributed by atoms with Gasteiger partial charge < -0.3 is 19.5 Å². The zero-order valence-corrected chi connectivity index (χ0v) is 21.5. The summed E-state index contributed by atoms with van der Waals surface area (Å²) in [5, 5.41) is 5.17. The van der Waals surface area contributed by atoms with Crippen LogP contribution in [0.15, 0.2) is 40.9 Å². The van der Waals surface area contributed by atoms with Crippen molar-refractivity contribution in [1.82, 2.24) is 14.8 Å². The molecule has 1 aliphatic carbocycles. The van der Waals surface area contributed by atoms with Gasteiger partial charge in [-0.3, -0.25) is 9.59 Å². The van der Waals surface area contributed by atoms with Crippen LogP contribution in [0, 0.1) is 0 Å². The number of para-hydroxylation sites is 1. The number of aromatic nitrogens is 1. The summed E-state index contributed by atoms with van der Waals surface area (Å²) < 4.78 is 7.75. The molecule has 2 heterocycles. The van der Waals surface area contributed by atoms with Crippen LogP contribution in [0.1, 0.15) is 64.0 Å². The molecule has 184 valence electrons. The van der Waals surface area contributed by atoms with Crippen molar-refractivity contribution in [2.24, 2.45) is 7.05 Å². The van der Waals surface area contributed by atoms with Crippen LogP contribution in [0.5, 0.6) is 0 Å². The van der Waals surface area contributed by atoms with Crippen molar-refractivity contribution in [3.05, 3.63) is 41.5 Å². The summed E-state index contributed by atoms with van der Waals surface area (Å²) in [7, 11) is 2.03. The van der Waals surface area contributed by atoms with E-state index in [0.29, 0.717) is 25.4 Å². The van der Waals surface area contributed by atoms with Gasteiger partial charge in [-0.05, 0) is 58.4 Å². The molecule has 7 heteroatoms. The molecule has 0 saturated carbocycles. The van der Waals surface area contributed by atoms with Gasteiger partial charge in [0.2, 0.25) is 11.8 Å². The molecule has 4 rings (SSSR count). The minimum atomic E-state index is -0.626. The summed E-state index contributed by atoms with van der Waals surface area (Å²) in [6.45, 7) is 5.73. The predicted molar refractivity (Wildman–Crippen MR) is 138 cm³/mol. The number of fused-ring (bicyclic) bond motifs is 3. The number of nitrogens with zero attached hydrogens (tertiary/aromatic N) is 2. The fourth-order valence-corrected chi connectivity index (χ4v) is 6.07. The van der Waals surface area contributed by atoms with Gasteiger partial charge in [0.05, 0.1) is 16.9 Å². The zero-order valence-electron chi connectivity index (χ0n) is 20.6. The summed E-state index contributed by atoms with van der Waals surface area (Å²) in [5.74, 6) is 0.281. The minimum Gasteiger partial charge on any atom is -0.379 e. The van der Waals surface area contributed by atoms with E-state index >= 15 is 0 Å². The van der Waals surface area contributed by atoms with Crippen molar-refractivity contribution in [3.8, 4) is 0 Å². The second kappa shape index (κ2) is 11.5.